The molecule has 1 aliphatic rings. The number of amides is 1. The van der Waals surface area contributed by atoms with Gasteiger partial charge in [-0.3, -0.25) is 14.6 Å². The third kappa shape index (κ3) is 2.79. The van der Waals surface area contributed by atoms with Gasteiger partial charge in [0.2, 0.25) is 17.6 Å². The van der Waals surface area contributed by atoms with Crippen LogP contribution in [0.2, 0.25) is 0 Å². The van der Waals surface area contributed by atoms with E-state index >= 15 is 0 Å². The highest BCUT2D eigenvalue weighted by molar-refractivity contribution is 5.91. The van der Waals surface area contributed by atoms with Crippen LogP contribution in [-0.2, 0) is 16.1 Å². The molecule has 1 saturated carbocycles. The second-order valence-electron chi connectivity index (χ2n) is 6.08. The quantitative estimate of drug-likeness (QED) is 0.848. The molecule has 3 rings (SSSR count). The van der Waals surface area contributed by atoms with Crippen molar-refractivity contribution in [1.82, 2.24) is 20.4 Å². The number of aliphatic carboxylic acids is 1. The summed E-state index contributed by atoms with van der Waals surface area (Å²) < 4.78 is 5.08. The topological polar surface area (TPSA) is 118 Å². The number of rotatable bonds is 5. The smallest absolute Gasteiger partial charge is 0.307 e. The van der Waals surface area contributed by atoms with Gasteiger partial charge in [-0.1, -0.05) is 19.0 Å². The SMILES string of the molecule is CC1(C)[C@@H](C(=O)O)[C@@H]1C(=O)NCc1nc(-c2ccncc2)no1. The Hall–Kier alpha value is -2.77. The van der Waals surface area contributed by atoms with Gasteiger partial charge in [-0.25, -0.2) is 0 Å². The van der Waals surface area contributed by atoms with Crippen molar-refractivity contribution < 1.29 is 19.2 Å². The molecule has 2 aromatic rings. The van der Waals surface area contributed by atoms with Crippen LogP contribution in [0.15, 0.2) is 29.0 Å². The van der Waals surface area contributed by atoms with Crippen LogP contribution in [0.5, 0.6) is 0 Å². The number of aromatic nitrogens is 3. The lowest BCUT2D eigenvalue weighted by atomic mass is 10.1. The number of nitrogens with one attached hydrogen (secondary N) is 1. The van der Waals surface area contributed by atoms with E-state index in [0.29, 0.717) is 5.82 Å². The highest BCUT2D eigenvalue weighted by atomic mass is 16.5. The second-order valence-corrected chi connectivity index (χ2v) is 6.08. The fourth-order valence-electron chi connectivity index (χ4n) is 2.81. The van der Waals surface area contributed by atoms with Crippen LogP contribution in [0.1, 0.15) is 19.7 Å². The summed E-state index contributed by atoms with van der Waals surface area (Å²) in [4.78, 5) is 31.3. The van der Waals surface area contributed by atoms with E-state index in [0.717, 1.165) is 5.56 Å². The Bertz CT molecular complexity index is 741. The Morgan fingerprint density at radius 1 is 1.30 bits per heavy atom. The predicted molar refractivity (Wildman–Crippen MR) is 77.8 cm³/mol. The van der Waals surface area contributed by atoms with Crippen LogP contribution < -0.4 is 5.32 Å². The molecule has 1 amide bonds. The van der Waals surface area contributed by atoms with Gasteiger partial charge in [0.05, 0.1) is 18.4 Å². The molecule has 0 aliphatic heterocycles. The van der Waals surface area contributed by atoms with Gasteiger partial charge in [0.25, 0.3) is 0 Å². The molecule has 8 nitrogen and oxygen atoms in total. The zero-order chi connectivity index (χ0) is 16.6. The van der Waals surface area contributed by atoms with Gasteiger partial charge in [-0.05, 0) is 17.5 Å². The number of carbonyl (C=O) groups is 2. The highest BCUT2D eigenvalue weighted by Gasteiger charge is 2.65. The van der Waals surface area contributed by atoms with E-state index in [1.807, 2.05) is 0 Å². The number of carbonyl (C=O) groups excluding carboxylic acids is 1. The van der Waals surface area contributed by atoms with Crippen LogP contribution in [0.4, 0.5) is 0 Å². The minimum atomic E-state index is -0.951. The summed E-state index contributed by atoms with van der Waals surface area (Å²) in [5.74, 6) is -1.79. The fraction of sp³-hybridized carbons (Fsp3) is 0.400. The Morgan fingerprint density at radius 3 is 2.61 bits per heavy atom. The molecule has 0 spiro atoms. The number of carboxylic acid groups (broad SMARTS) is 1. The Kier molecular flexibility index (Phi) is 3.59. The molecule has 120 valence electrons. The maximum atomic E-state index is 12.1. The molecule has 8 heteroatoms. The first-order valence-electron chi connectivity index (χ1n) is 7.14. The molecule has 0 aromatic carbocycles. The van der Waals surface area contributed by atoms with Gasteiger partial charge in [-0.15, -0.1) is 0 Å². The largest absolute Gasteiger partial charge is 0.481 e. The van der Waals surface area contributed by atoms with E-state index < -0.39 is 23.2 Å². The minimum Gasteiger partial charge on any atom is -0.481 e. The molecule has 2 heterocycles. The lowest BCUT2D eigenvalue weighted by Crippen LogP contribution is -2.27. The van der Waals surface area contributed by atoms with Crippen LogP contribution in [-0.4, -0.2) is 32.1 Å². The summed E-state index contributed by atoms with van der Waals surface area (Å²) in [6.07, 6.45) is 3.24. The molecule has 0 bridgehead atoms. The third-order valence-electron chi connectivity index (χ3n) is 4.20. The molecule has 0 radical (unpaired) electrons. The molecular weight excluding hydrogens is 300 g/mol. The number of hydrogen-bond donors (Lipinski definition) is 2. The lowest BCUT2D eigenvalue weighted by molar-refractivity contribution is -0.140. The van der Waals surface area contributed by atoms with Crippen molar-refractivity contribution >= 4 is 11.9 Å². The van der Waals surface area contributed by atoms with E-state index in [2.05, 4.69) is 20.4 Å². The summed E-state index contributed by atoms with van der Waals surface area (Å²) in [7, 11) is 0. The number of carboxylic acids is 1. The highest BCUT2D eigenvalue weighted by Crippen LogP contribution is 2.58. The Labute approximate surface area is 131 Å². The van der Waals surface area contributed by atoms with Crippen molar-refractivity contribution in [2.24, 2.45) is 17.3 Å². The maximum Gasteiger partial charge on any atom is 0.307 e. The normalized spacial score (nSPS) is 21.7. The summed E-state index contributed by atoms with van der Waals surface area (Å²) in [6, 6.07) is 3.49. The molecule has 2 atom stereocenters. The van der Waals surface area contributed by atoms with Crippen molar-refractivity contribution in [1.29, 1.82) is 0 Å². The first kappa shape index (κ1) is 15.1. The number of hydrogen-bond acceptors (Lipinski definition) is 6. The van der Waals surface area contributed by atoms with Gasteiger partial charge in [-0.2, -0.15) is 4.98 Å². The molecule has 0 saturated heterocycles. The zero-order valence-electron chi connectivity index (χ0n) is 12.7. The molecule has 0 unspecified atom stereocenters. The fourth-order valence-corrected chi connectivity index (χ4v) is 2.81. The maximum absolute atomic E-state index is 12.1. The van der Waals surface area contributed by atoms with Crippen LogP contribution in [0.25, 0.3) is 11.4 Å². The average Bonchev–Trinajstić information content (AvgIpc) is 2.88. The van der Waals surface area contributed by atoms with Crippen LogP contribution in [0, 0.1) is 17.3 Å². The van der Waals surface area contributed by atoms with Gasteiger partial charge in [0.1, 0.15) is 0 Å². The monoisotopic (exact) mass is 316 g/mol. The molecular formula is C15H16N4O4. The van der Waals surface area contributed by atoms with Crippen LogP contribution >= 0.6 is 0 Å². The lowest BCUT2D eigenvalue weighted by Gasteiger charge is -2.02. The van der Waals surface area contributed by atoms with E-state index in [4.69, 9.17) is 9.63 Å². The van der Waals surface area contributed by atoms with Gasteiger partial charge < -0.3 is 14.9 Å². The average molecular weight is 316 g/mol. The summed E-state index contributed by atoms with van der Waals surface area (Å²) >= 11 is 0. The van der Waals surface area contributed by atoms with Crippen LogP contribution in [0.3, 0.4) is 0 Å². The predicted octanol–water partition coefficient (Wildman–Crippen LogP) is 1.10. The summed E-state index contributed by atoms with van der Waals surface area (Å²) in [5.41, 5.74) is 0.225. The van der Waals surface area contributed by atoms with Gasteiger partial charge in [0, 0.05) is 18.0 Å². The molecule has 23 heavy (non-hydrogen) atoms. The Morgan fingerprint density at radius 2 is 2.00 bits per heavy atom. The van der Waals surface area contributed by atoms with Crippen molar-refractivity contribution in [2.45, 2.75) is 20.4 Å². The molecule has 1 fully saturated rings. The standard InChI is InChI=1S/C15H16N4O4/c1-15(2)10(11(15)14(21)22)13(20)17-7-9-18-12(19-23-9)8-3-5-16-6-4-8/h3-6,10-11H,7H2,1-2H3,(H,17,20)(H,21,22)/t10-,11-/m1/s1. The van der Waals surface area contributed by atoms with E-state index in [1.165, 1.54) is 0 Å². The third-order valence-corrected chi connectivity index (χ3v) is 4.20. The molecule has 2 aromatic heterocycles. The number of nitrogens with zero attached hydrogens (tertiary/aromatic N) is 3. The van der Waals surface area contributed by atoms with E-state index in [1.54, 1.807) is 38.4 Å². The molecule has 1 aliphatic carbocycles. The van der Waals surface area contributed by atoms with Crippen molar-refractivity contribution in [3.05, 3.63) is 30.4 Å². The van der Waals surface area contributed by atoms with E-state index in [-0.39, 0.29) is 18.3 Å². The zero-order valence-corrected chi connectivity index (χ0v) is 12.7. The summed E-state index contributed by atoms with van der Waals surface area (Å²) in [5, 5.41) is 15.6. The summed E-state index contributed by atoms with van der Waals surface area (Å²) in [6.45, 7) is 3.60. The minimum absolute atomic E-state index is 0.0653. The van der Waals surface area contributed by atoms with Crippen molar-refractivity contribution in [3.63, 3.8) is 0 Å². The second kappa shape index (κ2) is 5.45. The van der Waals surface area contributed by atoms with Crippen molar-refractivity contribution in [3.8, 4) is 11.4 Å². The molecule has 2 N–H and O–H groups in total. The first-order valence-corrected chi connectivity index (χ1v) is 7.14. The number of pyridine rings is 1. The van der Waals surface area contributed by atoms with Crippen molar-refractivity contribution in [2.75, 3.05) is 0 Å². The van der Waals surface area contributed by atoms with Gasteiger partial charge >= 0.3 is 5.97 Å². The first-order chi connectivity index (χ1) is 10.9. The van der Waals surface area contributed by atoms with E-state index in [9.17, 15) is 9.59 Å². The van der Waals surface area contributed by atoms with Gasteiger partial charge in [0.15, 0.2) is 0 Å². The Balaban J connectivity index is 1.61.